The molecule has 5 nitrogen and oxygen atoms in total. The van der Waals surface area contributed by atoms with Gasteiger partial charge in [0, 0.05) is 5.57 Å². The lowest BCUT2D eigenvalue weighted by atomic mass is 10.1. The van der Waals surface area contributed by atoms with Crippen molar-refractivity contribution in [1.82, 2.24) is 0 Å². The first kappa shape index (κ1) is 11.8. The minimum absolute atomic E-state index is 0.0244. The number of aliphatic carboxylic acids is 2. The van der Waals surface area contributed by atoms with Gasteiger partial charge in [-0.1, -0.05) is 0 Å². The molecule has 0 aliphatic carbocycles. The Morgan fingerprint density at radius 3 is 2.50 bits per heavy atom. The summed E-state index contributed by atoms with van der Waals surface area (Å²) in [4.78, 5) is 21.1. The molecule has 0 radical (unpaired) electrons. The van der Waals surface area contributed by atoms with Crippen molar-refractivity contribution in [1.29, 1.82) is 0 Å². The minimum Gasteiger partial charge on any atom is -0.545 e. The highest BCUT2D eigenvalue weighted by Crippen LogP contribution is 2.14. The van der Waals surface area contributed by atoms with E-state index in [1.165, 1.54) is 25.3 Å². The van der Waals surface area contributed by atoms with Gasteiger partial charge in [-0.25, -0.2) is 0 Å². The smallest absolute Gasteiger partial charge is 0.127 e. The minimum atomic E-state index is -1.48. The van der Waals surface area contributed by atoms with Gasteiger partial charge in [0.15, 0.2) is 0 Å². The zero-order valence-corrected chi connectivity index (χ0v) is 8.43. The van der Waals surface area contributed by atoms with Crippen LogP contribution in [0.3, 0.4) is 0 Å². The van der Waals surface area contributed by atoms with Crippen LogP contribution in [-0.4, -0.2) is 11.9 Å². The lowest BCUT2D eigenvalue weighted by Crippen LogP contribution is -2.26. The Bertz CT molecular complexity index is 451. The maximum Gasteiger partial charge on any atom is 0.127 e. The second kappa shape index (κ2) is 4.97. The molecule has 0 fully saturated rings. The maximum atomic E-state index is 10.8. The van der Waals surface area contributed by atoms with Gasteiger partial charge in [0.05, 0.1) is 18.2 Å². The van der Waals surface area contributed by atoms with E-state index in [1.54, 1.807) is 6.07 Å². The summed E-state index contributed by atoms with van der Waals surface area (Å²) in [7, 11) is 0. The number of carbonyl (C=O) groups is 2. The number of rotatable bonds is 4. The second-order valence-corrected chi connectivity index (χ2v) is 3.01. The molecule has 0 bridgehead atoms. The molecule has 0 spiro atoms. The third kappa shape index (κ3) is 3.13. The average Bonchev–Trinajstić information content (AvgIpc) is 2.64. The van der Waals surface area contributed by atoms with Gasteiger partial charge in [-0.15, -0.1) is 0 Å². The number of carboxylic acids is 2. The number of hydrogen-bond acceptors (Lipinski definition) is 5. The van der Waals surface area contributed by atoms with Crippen LogP contribution in [-0.2, 0) is 9.59 Å². The second-order valence-electron chi connectivity index (χ2n) is 3.01. The van der Waals surface area contributed by atoms with Crippen molar-refractivity contribution >= 4 is 18.0 Å². The molecular formula is C11H8O5-2. The fourth-order valence-corrected chi connectivity index (χ4v) is 1.10. The normalized spacial score (nSPS) is 12.6. The van der Waals surface area contributed by atoms with E-state index in [-0.39, 0.29) is 11.1 Å². The Morgan fingerprint density at radius 2 is 2.06 bits per heavy atom. The van der Waals surface area contributed by atoms with E-state index in [1.807, 2.05) is 0 Å². The van der Waals surface area contributed by atoms with Crippen LogP contribution in [0.4, 0.5) is 0 Å². The Morgan fingerprint density at radius 1 is 1.38 bits per heavy atom. The van der Waals surface area contributed by atoms with E-state index in [2.05, 4.69) is 0 Å². The van der Waals surface area contributed by atoms with Crippen LogP contribution in [0.5, 0.6) is 0 Å². The molecule has 1 heterocycles. The van der Waals surface area contributed by atoms with Gasteiger partial charge in [0.2, 0.25) is 0 Å². The van der Waals surface area contributed by atoms with Crippen LogP contribution in [0, 0.1) is 0 Å². The topological polar surface area (TPSA) is 93.4 Å². The first-order chi connectivity index (χ1) is 7.50. The highest BCUT2D eigenvalue weighted by Gasteiger charge is 2.03. The molecule has 16 heavy (non-hydrogen) atoms. The molecule has 1 aromatic rings. The third-order valence-electron chi connectivity index (χ3n) is 1.81. The van der Waals surface area contributed by atoms with Crippen molar-refractivity contribution in [3.05, 3.63) is 41.4 Å². The number of hydrogen-bond donors (Lipinski definition) is 0. The third-order valence-corrected chi connectivity index (χ3v) is 1.81. The fourth-order valence-electron chi connectivity index (χ4n) is 1.10. The van der Waals surface area contributed by atoms with Crippen LogP contribution in [0.25, 0.3) is 6.08 Å². The van der Waals surface area contributed by atoms with Gasteiger partial charge in [-0.2, -0.15) is 0 Å². The molecule has 1 rings (SSSR count). The summed E-state index contributed by atoms with van der Waals surface area (Å²) >= 11 is 0. The van der Waals surface area contributed by atoms with Gasteiger partial charge in [-0.05, 0) is 36.8 Å². The molecule has 1 aromatic heterocycles. The molecule has 0 N–H and O–H groups in total. The predicted molar refractivity (Wildman–Crippen MR) is 50.5 cm³/mol. The molecule has 5 heteroatoms. The van der Waals surface area contributed by atoms with E-state index < -0.39 is 11.9 Å². The summed E-state index contributed by atoms with van der Waals surface area (Å²) in [6.07, 6.45) is 3.24. The van der Waals surface area contributed by atoms with Crippen LogP contribution in [0.2, 0.25) is 0 Å². The zero-order chi connectivity index (χ0) is 12.1. The molecular weight excluding hydrogens is 212 g/mol. The Kier molecular flexibility index (Phi) is 3.66. The predicted octanol–water partition coefficient (Wildman–Crippen LogP) is -0.891. The van der Waals surface area contributed by atoms with Crippen LogP contribution in [0.15, 0.2) is 40.0 Å². The lowest BCUT2D eigenvalue weighted by molar-refractivity contribution is -0.298. The van der Waals surface area contributed by atoms with Gasteiger partial charge in [-0.3, -0.25) is 0 Å². The SMILES string of the molecule is CC(=CC(=O)[O-])/C(=C/c1ccco1)C(=O)[O-]. The van der Waals surface area contributed by atoms with E-state index >= 15 is 0 Å². The van der Waals surface area contributed by atoms with Gasteiger partial charge >= 0.3 is 0 Å². The quantitative estimate of drug-likeness (QED) is 0.484. The molecule has 84 valence electrons. The van der Waals surface area contributed by atoms with Crippen molar-refractivity contribution in [3.8, 4) is 0 Å². The van der Waals surface area contributed by atoms with Gasteiger partial charge < -0.3 is 24.2 Å². The molecule has 0 amide bonds. The van der Waals surface area contributed by atoms with Crippen molar-refractivity contribution in [2.24, 2.45) is 0 Å². The van der Waals surface area contributed by atoms with Crippen LogP contribution < -0.4 is 10.2 Å². The van der Waals surface area contributed by atoms with Crippen LogP contribution >= 0.6 is 0 Å². The highest BCUT2D eigenvalue weighted by atomic mass is 16.4. The zero-order valence-electron chi connectivity index (χ0n) is 8.43. The van der Waals surface area contributed by atoms with E-state index in [9.17, 15) is 19.8 Å². The highest BCUT2D eigenvalue weighted by molar-refractivity contribution is 5.97. The maximum absolute atomic E-state index is 10.8. The van der Waals surface area contributed by atoms with Crippen molar-refractivity contribution in [2.75, 3.05) is 0 Å². The van der Waals surface area contributed by atoms with Crippen molar-refractivity contribution in [3.63, 3.8) is 0 Å². The fraction of sp³-hybridized carbons (Fsp3) is 0.0909. The summed E-state index contributed by atoms with van der Waals surface area (Å²) in [5.41, 5.74) is -0.240. The standard InChI is InChI=1S/C11H10O5/c1-7(5-10(12)13)9(11(14)15)6-8-3-2-4-16-8/h2-6H,1H3,(H,12,13)(H,14,15)/p-2/b7-5?,9-6-. The summed E-state index contributed by atoms with van der Waals surface area (Å²) in [6.45, 7) is 1.33. The molecule has 0 saturated heterocycles. The van der Waals surface area contributed by atoms with Gasteiger partial charge in [0.1, 0.15) is 5.76 Å². The van der Waals surface area contributed by atoms with Crippen LogP contribution in [0.1, 0.15) is 12.7 Å². The first-order valence-electron chi connectivity index (χ1n) is 4.37. The summed E-state index contributed by atoms with van der Waals surface area (Å²) in [5, 5.41) is 21.1. The summed E-state index contributed by atoms with van der Waals surface area (Å²) in [6, 6.07) is 3.12. The largest absolute Gasteiger partial charge is 0.545 e. The summed E-state index contributed by atoms with van der Waals surface area (Å²) < 4.78 is 4.91. The molecule has 0 aliphatic heterocycles. The molecule has 0 saturated carbocycles. The number of carbonyl (C=O) groups excluding carboxylic acids is 2. The lowest BCUT2D eigenvalue weighted by Gasteiger charge is -2.09. The summed E-state index contributed by atoms with van der Waals surface area (Å²) in [5.74, 6) is -2.65. The Hall–Kier alpha value is -2.30. The molecule has 0 aliphatic rings. The molecule has 0 aromatic carbocycles. The van der Waals surface area contributed by atoms with Crippen molar-refractivity contribution < 1.29 is 24.2 Å². The average molecular weight is 220 g/mol. The monoisotopic (exact) mass is 220 g/mol. The van der Waals surface area contributed by atoms with E-state index in [0.717, 1.165) is 0 Å². The molecule has 0 unspecified atom stereocenters. The number of furan rings is 1. The molecule has 0 atom stereocenters. The van der Waals surface area contributed by atoms with Crippen molar-refractivity contribution in [2.45, 2.75) is 6.92 Å². The van der Waals surface area contributed by atoms with Gasteiger partial charge in [0.25, 0.3) is 0 Å². The first-order valence-corrected chi connectivity index (χ1v) is 4.37. The van der Waals surface area contributed by atoms with E-state index in [4.69, 9.17) is 4.42 Å². The Labute approximate surface area is 91.3 Å². The Balaban J connectivity index is 3.10. The van der Waals surface area contributed by atoms with E-state index in [0.29, 0.717) is 11.8 Å². The number of carboxylic acid groups (broad SMARTS) is 2.